The van der Waals surface area contributed by atoms with Crippen molar-refractivity contribution in [1.29, 1.82) is 5.26 Å². The van der Waals surface area contributed by atoms with Crippen LogP contribution < -0.4 is 5.32 Å². The average molecular weight is 423 g/mol. The van der Waals surface area contributed by atoms with Crippen molar-refractivity contribution in [1.82, 2.24) is 9.88 Å². The molecule has 0 aliphatic carbocycles. The number of rotatable bonds is 6. The number of hydrogen-bond donors (Lipinski definition) is 1. The third kappa shape index (κ3) is 3.98. The second-order valence-corrected chi connectivity index (χ2v) is 8.21. The maximum Gasteiger partial charge on any atom is 0.229 e. The van der Waals surface area contributed by atoms with Gasteiger partial charge in [-0.25, -0.2) is 4.98 Å². The normalized spacial score (nSPS) is 14.3. The molecule has 0 amide bonds. The zero-order valence-electron chi connectivity index (χ0n) is 18.1. The van der Waals surface area contributed by atoms with Crippen LogP contribution >= 0.6 is 0 Å². The average Bonchev–Trinajstić information content (AvgIpc) is 3.26. The van der Waals surface area contributed by atoms with Gasteiger partial charge in [-0.1, -0.05) is 67.1 Å². The molecular weight excluding hydrogens is 396 g/mol. The molecule has 1 N–H and O–H groups in total. The summed E-state index contributed by atoms with van der Waals surface area (Å²) in [5.41, 5.74) is 4.88. The fourth-order valence-corrected chi connectivity index (χ4v) is 4.53. The quantitative estimate of drug-likeness (QED) is 0.417. The summed E-state index contributed by atoms with van der Waals surface area (Å²) in [5.74, 6) is 0.772. The minimum Gasteiger partial charge on any atom is -0.437 e. The Morgan fingerprint density at radius 1 is 0.938 bits per heavy atom. The number of furan rings is 1. The van der Waals surface area contributed by atoms with Gasteiger partial charge in [0, 0.05) is 24.2 Å². The van der Waals surface area contributed by atoms with Crippen molar-refractivity contribution in [2.45, 2.75) is 19.3 Å². The summed E-state index contributed by atoms with van der Waals surface area (Å²) in [6, 6.07) is 22.6. The first-order chi connectivity index (χ1) is 15.8. The van der Waals surface area contributed by atoms with Gasteiger partial charge in [-0.15, -0.1) is 0 Å². The largest absolute Gasteiger partial charge is 0.437 e. The highest BCUT2D eigenvalue weighted by Gasteiger charge is 2.23. The van der Waals surface area contributed by atoms with E-state index in [1.54, 1.807) is 6.20 Å². The minimum atomic E-state index is 0.536. The van der Waals surface area contributed by atoms with Gasteiger partial charge in [0.1, 0.15) is 11.8 Å². The van der Waals surface area contributed by atoms with Crippen molar-refractivity contribution < 1.29 is 4.42 Å². The summed E-state index contributed by atoms with van der Waals surface area (Å²) in [6.07, 6.45) is 5.47. The zero-order chi connectivity index (χ0) is 21.8. The van der Waals surface area contributed by atoms with E-state index in [2.05, 4.69) is 33.4 Å². The van der Waals surface area contributed by atoms with E-state index in [0.29, 0.717) is 11.3 Å². The number of nitrogens with one attached hydrogen (secondary N) is 1. The summed E-state index contributed by atoms with van der Waals surface area (Å²) in [4.78, 5) is 6.99. The molecule has 1 aliphatic heterocycles. The molecule has 5 nitrogen and oxygen atoms in total. The van der Waals surface area contributed by atoms with Crippen LogP contribution in [0.15, 0.2) is 71.3 Å². The second kappa shape index (κ2) is 9.25. The Balaban J connectivity index is 1.62. The number of fused-ring (bicyclic) bond motifs is 1. The topological polar surface area (TPSA) is 65.1 Å². The second-order valence-electron chi connectivity index (χ2n) is 8.21. The lowest BCUT2D eigenvalue weighted by Crippen LogP contribution is -2.33. The molecule has 160 valence electrons. The summed E-state index contributed by atoms with van der Waals surface area (Å²) in [5, 5.41) is 14.3. The van der Waals surface area contributed by atoms with Crippen molar-refractivity contribution in [3.8, 4) is 28.5 Å². The smallest absolute Gasteiger partial charge is 0.229 e. The van der Waals surface area contributed by atoms with Gasteiger partial charge >= 0.3 is 0 Å². The molecule has 1 saturated heterocycles. The molecule has 0 radical (unpaired) electrons. The molecule has 5 heteroatoms. The van der Waals surface area contributed by atoms with Crippen LogP contribution in [-0.4, -0.2) is 36.1 Å². The van der Waals surface area contributed by atoms with Crippen LogP contribution in [0, 0.1) is 11.3 Å². The Bertz CT molecular complexity index is 1240. The summed E-state index contributed by atoms with van der Waals surface area (Å²) < 4.78 is 6.31. The van der Waals surface area contributed by atoms with Gasteiger partial charge in [-0.3, -0.25) is 0 Å². The Labute approximate surface area is 188 Å². The van der Waals surface area contributed by atoms with E-state index in [0.717, 1.165) is 59.7 Å². The Hall–Kier alpha value is -3.62. The molecule has 3 heterocycles. The monoisotopic (exact) mass is 422 g/mol. The van der Waals surface area contributed by atoms with Crippen molar-refractivity contribution in [3.63, 3.8) is 0 Å². The molecule has 0 saturated carbocycles. The maximum absolute atomic E-state index is 9.84. The van der Waals surface area contributed by atoms with E-state index < -0.39 is 0 Å². The predicted molar refractivity (Wildman–Crippen MR) is 128 cm³/mol. The predicted octanol–water partition coefficient (Wildman–Crippen LogP) is 5.93. The van der Waals surface area contributed by atoms with Crippen molar-refractivity contribution in [2.75, 3.05) is 31.5 Å². The van der Waals surface area contributed by atoms with E-state index in [1.165, 1.54) is 19.3 Å². The molecule has 4 aromatic rings. The first-order valence-electron chi connectivity index (χ1n) is 11.3. The molecule has 5 rings (SSSR count). The number of anilines is 1. The first-order valence-corrected chi connectivity index (χ1v) is 11.3. The standard InChI is InChI=1S/C27H26N4O/c28-18-22-19-30-27-24(25(22)29-14-17-31-15-8-3-9-16-31)23(20-10-4-1-5-11-20)26(32-27)21-12-6-2-7-13-21/h1-2,4-7,10-13,19H,3,8-9,14-17H2,(H,29,30). The van der Waals surface area contributed by atoms with Crippen LogP contribution in [0.3, 0.4) is 0 Å². The van der Waals surface area contributed by atoms with Crippen LogP contribution in [-0.2, 0) is 0 Å². The van der Waals surface area contributed by atoms with Gasteiger partial charge in [0.2, 0.25) is 5.71 Å². The summed E-state index contributed by atoms with van der Waals surface area (Å²) in [7, 11) is 0. The van der Waals surface area contributed by atoms with Crippen LogP contribution in [0.1, 0.15) is 24.8 Å². The summed E-state index contributed by atoms with van der Waals surface area (Å²) >= 11 is 0. The van der Waals surface area contributed by atoms with Crippen molar-refractivity contribution in [2.24, 2.45) is 0 Å². The minimum absolute atomic E-state index is 0.536. The molecule has 0 spiro atoms. The molecule has 2 aromatic heterocycles. The van der Waals surface area contributed by atoms with Crippen LogP contribution in [0.5, 0.6) is 0 Å². The van der Waals surface area contributed by atoms with Crippen LogP contribution in [0.25, 0.3) is 33.6 Å². The maximum atomic E-state index is 9.84. The molecule has 1 fully saturated rings. The van der Waals surface area contributed by atoms with Gasteiger partial charge in [-0.05, 0) is 31.5 Å². The van der Waals surface area contributed by atoms with Crippen LogP contribution in [0.2, 0.25) is 0 Å². The lowest BCUT2D eigenvalue weighted by molar-refractivity contribution is 0.237. The van der Waals surface area contributed by atoms with Crippen LogP contribution in [0.4, 0.5) is 5.69 Å². The molecule has 0 bridgehead atoms. The molecule has 2 aromatic carbocycles. The number of pyridine rings is 1. The van der Waals surface area contributed by atoms with E-state index >= 15 is 0 Å². The highest BCUT2D eigenvalue weighted by atomic mass is 16.3. The number of benzene rings is 2. The van der Waals surface area contributed by atoms with E-state index in [1.807, 2.05) is 48.5 Å². The zero-order valence-corrected chi connectivity index (χ0v) is 18.1. The number of aromatic nitrogens is 1. The number of likely N-dealkylation sites (tertiary alicyclic amines) is 1. The molecule has 0 unspecified atom stereocenters. The highest BCUT2D eigenvalue weighted by Crippen LogP contribution is 2.44. The van der Waals surface area contributed by atoms with Gasteiger partial charge < -0.3 is 14.6 Å². The number of piperidine rings is 1. The van der Waals surface area contributed by atoms with E-state index in [4.69, 9.17) is 4.42 Å². The van der Waals surface area contributed by atoms with E-state index in [-0.39, 0.29) is 0 Å². The van der Waals surface area contributed by atoms with Gasteiger partial charge in [-0.2, -0.15) is 5.26 Å². The third-order valence-corrected chi connectivity index (χ3v) is 6.12. The lowest BCUT2D eigenvalue weighted by Gasteiger charge is -2.26. The molecule has 0 atom stereocenters. The number of nitrogens with zero attached hydrogens (tertiary/aromatic N) is 3. The van der Waals surface area contributed by atoms with Gasteiger partial charge in [0.25, 0.3) is 0 Å². The molecule has 32 heavy (non-hydrogen) atoms. The fraction of sp³-hybridized carbons (Fsp3) is 0.259. The number of hydrogen-bond acceptors (Lipinski definition) is 5. The SMILES string of the molecule is N#Cc1cnc2oc(-c3ccccc3)c(-c3ccccc3)c2c1NCCN1CCCCC1. The van der Waals surface area contributed by atoms with E-state index in [9.17, 15) is 5.26 Å². The Morgan fingerprint density at radius 3 is 2.31 bits per heavy atom. The van der Waals surface area contributed by atoms with Crippen molar-refractivity contribution in [3.05, 3.63) is 72.4 Å². The first kappa shape index (κ1) is 20.3. The summed E-state index contributed by atoms with van der Waals surface area (Å²) in [6.45, 7) is 4.03. The Kier molecular flexibility index (Phi) is 5.87. The fourth-order valence-electron chi connectivity index (χ4n) is 4.53. The molecular formula is C27H26N4O. The highest BCUT2D eigenvalue weighted by molar-refractivity contribution is 6.08. The number of nitriles is 1. The van der Waals surface area contributed by atoms with Gasteiger partial charge in [0.05, 0.1) is 22.8 Å². The molecule has 1 aliphatic rings. The van der Waals surface area contributed by atoms with Gasteiger partial charge in [0.15, 0.2) is 0 Å². The lowest BCUT2D eigenvalue weighted by atomic mass is 9.97. The van der Waals surface area contributed by atoms with Crippen molar-refractivity contribution >= 4 is 16.8 Å². The Morgan fingerprint density at radius 2 is 1.62 bits per heavy atom. The third-order valence-electron chi connectivity index (χ3n) is 6.12.